The van der Waals surface area contributed by atoms with E-state index in [9.17, 15) is 22.0 Å². The third kappa shape index (κ3) is 5.70. The monoisotopic (exact) mass is 488 g/mol. The molecule has 0 heterocycles. The van der Waals surface area contributed by atoms with Crippen LogP contribution in [0.15, 0.2) is 71.6 Å². The largest absolute Gasteiger partial charge is 0.497 e. The molecule has 0 radical (unpaired) electrons. The minimum absolute atomic E-state index is 0.00773. The molecule has 1 aliphatic carbocycles. The van der Waals surface area contributed by atoms with Gasteiger partial charge < -0.3 is 14.8 Å². The van der Waals surface area contributed by atoms with Crippen LogP contribution in [0.3, 0.4) is 0 Å². The first-order chi connectivity index (χ1) is 16.2. The van der Waals surface area contributed by atoms with E-state index in [0.29, 0.717) is 22.6 Å². The lowest BCUT2D eigenvalue weighted by molar-refractivity contribution is -0.0494. The summed E-state index contributed by atoms with van der Waals surface area (Å²) >= 11 is 0. The van der Waals surface area contributed by atoms with E-state index < -0.39 is 22.5 Å². The molecule has 1 amide bonds. The highest BCUT2D eigenvalue weighted by atomic mass is 32.2. The van der Waals surface area contributed by atoms with Gasteiger partial charge in [0.05, 0.1) is 12.0 Å². The van der Waals surface area contributed by atoms with Crippen LogP contribution in [0.25, 0.3) is 11.1 Å². The van der Waals surface area contributed by atoms with Gasteiger partial charge in [0, 0.05) is 22.9 Å². The molecule has 34 heavy (non-hydrogen) atoms. The lowest BCUT2D eigenvalue weighted by Gasteiger charge is -2.14. The second kappa shape index (κ2) is 9.78. The van der Waals surface area contributed by atoms with Gasteiger partial charge in [-0.3, -0.25) is 4.79 Å². The number of carbonyl (C=O) groups excluding carboxylic acids is 1. The van der Waals surface area contributed by atoms with Crippen LogP contribution in [0.1, 0.15) is 23.2 Å². The van der Waals surface area contributed by atoms with Gasteiger partial charge in [0.2, 0.25) is 10.0 Å². The van der Waals surface area contributed by atoms with Crippen LogP contribution >= 0.6 is 0 Å². The Labute approximate surface area is 195 Å². The summed E-state index contributed by atoms with van der Waals surface area (Å²) in [6.07, 6.45) is 1.59. The summed E-state index contributed by atoms with van der Waals surface area (Å²) in [6.45, 7) is -3.02. The molecule has 0 bridgehead atoms. The fourth-order valence-corrected chi connectivity index (χ4v) is 4.65. The summed E-state index contributed by atoms with van der Waals surface area (Å²) in [5.74, 6) is -0.0142. The molecule has 178 valence electrons. The number of rotatable bonds is 9. The van der Waals surface area contributed by atoms with Gasteiger partial charge in [0.25, 0.3) is 5.91 Å². The number of carbonyl (C=O) groups is 1. The van der Waals surface area contributed by atoms with E-state index in [0.717, 1.165) is 12.8 Å². The number of alkyl halides is 2. The number of ether oxygens (including phenoxy) is 2. The van der Waals surface area contributed by atoms with Crippen molar-refractivity contribution < 1.29 is 31.5 Å². The molecular formula is C24H22F2N2O5S. The summed E-state index contributed by atoms with van der Waals surface area (Å²) < 4.78 is 63.1. The molecule has 0 spiro atoms. The van der Waals surface area contributed by atoms with Gasteiger partial charge in [-0.05, 0) is 66.9 Å². The molecule has 3 aromatic rings. The number of halogens is 2. The number of nitrogens with one attached hydrogen (secondary N) is 2. The van der Waals surface area contributed by atoms with Gasteiger partial charge in [-0.2, -0.15) is 8.78 Å². The molecule has 0 atom stereocenters. The van der Waals surface area contributed by atoms with Crippen LogP contribution < -0.4 is 19.5 Å². The Bertz CT molecular complexity index is 1290. The Kier molecular flexibility index (Phi) is 6.80. The maximum Gasteiger partial charge on any atom is 0.387 e. The highest BCUT2D eigenvalue weighted by Crippen LogP contribution is 2.35. The van der Waals surface area contributed by atoms with E-state index in [4.69, 9.17) is 4.74 Å². The Morgan fingerprint density at radius 1 is 1.03 bits per heavy atom. The minimum Gasteiger partial charge on any atom is -0.497 e. The zero-order chi connectivity index (χ0) is 24.3. The van der Waals surface area contributed by atoms with Crippen LogP contribution in [-0.2, 0) is 10.0 Å². The van der Waals surface area contributed by atoms with Crippen molar-refractivity contribution in [3.05, 3.63) is 72.3 Å². The van der Waals surface area contributed by atoms with E-state index in [1.165, 1.54) is 49.6 Å². The predicted octanol–water partition coefficient (Wildman–Crippen LogP) is 4.66. The molecule has 7 nitrogen and oxygen atoms in total. The van der Waals surface area contributed by atoms with Gasteiger partial charge in [0.1, 0.15) is 11.5 Å². The van der Waals surface area contributed by atoms with Crippen molar-refractivity contribution in [3.63, 3.8) is 0 Å². The van der Waals surface area contributed by atoms with Crippen molar-refractivity contribution in [2.45, 2.75) is 30.4 Å². The Morgan fingerprint density at radius 2 is 1.76 bits per heavy atom. The van der Waals surface area contributed by atoms with E-state index >= 15 is 0 Å². The number of sulfonamides is 1. The van der Waals surface area contributed by atoms with E-state index in [1.807, 2.05) is 0 Å². The number of anilines is 1. The van der Waals surface area contributed by atoms with E-state index in [1.54, 1.807) is 24.3 Å². The third-order valence-corrected chi connectivity index (χ3v) is 6.68. The molecule has 0 saturated heterocycles. The Morgan fingerprint density at radius 3 is 2.41 bits per heavy atom. The zero-order valence-electron chi connectivity index (χ0n) is 18.1. The minimum atomic E-state index is -3.72. The Balaban J connectivity index is 1.59. The summed E-state index contributed by atoms with van der Waals surface area (Å²) in [7, 11) is -2.21. The molecule has 4 rings (SSSR count). The van der Waals surface area contributed by atoms with Crippen LogP contribution in [0.5, 0.6) is 11.5 Å². The summed E-state index contributed by atoms with van der Waals surface area (Å²) in [5, 5.41) is 2.68. The first-order valence-electron chi connectivity index (χ1n) is 10.4. The molecular weight excluding hydrogens is 466 g/mol. The summed E-state index contributed by atoms with van der Waals surface area (Å²) in [6, 6.07) is 16.6. The van der Waals surface area contributed by atoms with Crippen molar-refractivity contribution in [2.75, 3.05) is 12.4 Å². The van der Waals surface area contributed by atoms with Crippen molar-refractivity contribution in [1.82, 2.24) is 4.72 Å². The van der Waals surface area contributed by atoms with E-state index in [2.05, 4.69) is 14.8 Å². The number of hydrogen-bond acceptors (Lipinski definition) is 5. The average molecular weight is 489 g/mol. The Hall–Kier alpha value is -3.50. The highest BCUT2D eigenvalue weighted by molar-refractivity contribution is 7.89. The van der Waals surface area contributed by atoms with Gasteiger partial charge >= 0.3 is 6.61 Å². The lowest BCUT2D eigenvalue weighted by Crippen LogP contribution is -2.26. The SMILES string of the molecule is COc1ccc(-c2cc(NC(=O)c3cccc(S(=O)(=O)NC4CC4)c3)ccc2OC(F)F)cc1. The second-order valence-corrected chi connectivity index (χ2v) is 9.41. The summed E-state index contributed by atoms with van der Waals surface area (Å²) in [5.41, 5.74) is 1.37. The lowest BCUT2D eigenvalue weighted by atomic mass is 10.0. The zero-order valence-corrected chi connectivity index (χ0v) is 18.9. The number of amides is 1. The van der Waals surface area contributed by atoms with Gasteiger partial charge in [-0.25, -0.2) is 13.1 Å². The first-order valence-corrected chi connectivity index (χ1v) is 11.9. The average Bonchev–Trinajstić information content (AvgIpc) is 3.63. The standard InChI is InChI=1S/C24H22F2N2O5S/c1-32-19-10-5-15(6-11-19)21-14-18(9-12-22(21)33-24(25)26)27-23(29)16-3-2-4-20(13-16)34(30,31)28-17-7-8-17/h2-6,9-14,17,24,28H,7-8H2,1H3,(H,27,29). The van der Waals surface area contributed by atoms with Gasteiger partial charge in [-0.1, -0.05) is 18.2 Å². The van der Waals surface area contributed by atoms with Crippen LogP contribution in [0.4, 0.5) is 14.5 Å². The molecule has 2 N–H and O–H groups in total. The van der Waals surface area contributed by atoms with Crippen LogP contribution in [-0.4, -0.2) is 34.1 Å². The molecule has 1 saturated carbocycles. The normalized spacial score (nSPS) is 13.5. The molecule has 10 heteroatoms. The molecule has 3 aromatic carbocycles. The second-order valence-electron chi connectivity index (χ2n) is 7.70. The maximum absolute atomic E-state index is 12.9. The molecule has 0 aromatic heterocycles. The molecule has 1 fully saturated rings. The smallest absolute Gasteiger partial charge is 0.387 e. The number of hydrogen-bond donors (Lipinski definition) is 2. The molecule has 0 unspecified atom stereocenters. The highest BCUT2D eigenvalue weighted by Gasteiger charge is 2.28. The fraction of sp³-hybridized carbons (Fsp3) is 0.208. The summed E-state index contributed by atoms with van der Waals surface area (Å²) in [4.78, 5) is 12.8. The molecule has 0 aliphatic heterocycles. The van der Waals surface area contributed by atoms with Crippen LogP contribution in [0.2, 0.25) is 0 Å². The quantitative estimate of drug-likeness (QED) is 0.457. The molecule has 1 aliphatic rings. The van der Waals surface area contributed by atoms with E-state index in [-0.39, 0.29) is 22.3 Å². The first kappa shape index (κ1) is 23.7. The van der Waals surface area contributed by atoms with Crippen molar-refractivity contribution in [2.24, 2.45) is 0 Å². The maximum atomic E-state index is 12.9. The van der Waals surface area contributed by atoms with Crippen molar-refractivity contribution in [1.29, 1.82) is 0 Å². The topological polar surface area (TPSA) is 93.7 Å². The van der Waals surface area contributed by atoms with Crippen LogP contribution in [0, 0.1) is 0 Å². The van der Waals surface area contributed by atoms with Gasteiger partial charge in [0.15, 0.2) is 0 Å². The van der Waals surface area contributed by atoms with Crippen molar-refractivity contribution in [3.8, 4) is 22.6 Å². The predicted molar refractivity (Wildman–Crippen MR) is 123 cm³/mol. The third-order valence-electron chi connectivity index (χ3n) is 5.16. The van der Waals surface area contributed by atoms with Crippen molar-refractivity contribution >= 4 is 21.6 Å². The number of methoxy groups -OCH3 is 1. The number of benzene rings is 3. The van der Waals surface area contributed by atoms with Gasteiger partial charge in [-0.15, -0.1) is 0 Å². The fourth-order valence-electron chi connectivity index (χ4n) is 3.30.